The van der Waals surface area contributed by atoms with Gasteiger partial charge in [0.1, 0.15) is 10.0 Å². The van der Waals surface area contributed by atoms with Crippen molar-refractivity contribution < 1.29 is 0 Å². The van der Waals surface area contributed by atoms with Crippen molar-refractivity contribution in [2.45, 2.75) is 24.6 Å². The van der Waals surface area contributed by atoms with E-state index in [1.165, 1.54) is 0 Å². The number of aliphatic imine (C=N–C) groups is 1. The predicted molar refractivity (Wildman–Crippen MR) is 92.6 cm³/mol. The Bertz CT molecular complexity index is 539. The van der Waals surface area contributed by atoms with Gasteiger partial charge in [-0.1, -0.05) is 85.6 Å². The number of hydrogen-bond acceptors (Lipinski definition) is 1. The van der Waals surface area contributed by atoms with Crippen molar-refractivity contribution in [1.82, 2.24) is 0 Å². The minimum Gasteiger partial charge on any atom is -0.275 e. The van der Waals surface area contributed by atoms with Gasteiger partial charge in [0.2, 0.25) is 0 Å². The molecule has 0 aromatic heterocycles. The van der Waals surface area contributed by atoms with Crippen LogP contribution >= 0.6 is 23.2 Å². The molecule has 0 unspecified atom stereocenters. The first kappa shape index (κ1) is 16.1. The molecular formula is C18H19Cl2N. The molecule has 1 nitrogen and oxygen atoms in total. The summed E-state index contributed by atoms with van der Waals surface area (Å²) in [5, 5.41) is 0.426. The topological polar surface area (TPSA) is 12.4 Å². The summed E-state index contributed by atoms with van der Waals surface area (Å²) in [6, 6.07) is 19.7. The lowest BCUT2D eigenvalue weighted by atomic mass is 9.91. The van der Waals surface area contributed by atoms with E-state index < -0.39 is 4.87 Å². The molecule has 0 amide bonds. The second kappa shape index (κ2) is 7.63. The molecule has 0 heterocycles. The second-order valence-corrected chi connectivity index (χ2v) is 5.84. The highest BCUT2D eigenvalue weighted by molar-refractivity contribution is 6.72. The van der Waals surface area contributed by atoms with Crippen molar-refractivity contribution in [3.63, 3.8) is 0 Å². The molecule has 0 N–H and O–H groups in total. The molecule has 0 aliphatic heterocycles. The summed E-state index contributed by atoms with van der Waals surface area (Å²) < 4.78 is 0. The Hall–Kier alpha value is -1.31. The Balaban J connectivity index is 2.47. The van der Waals surface area contributed by atoms with Crippen LogP contribution in [0.15, 0.2) is 65.7 Å². The first-order chi connectivity index (χ1) is 10.2. The lowest BCUT2D eigenvalue weighted by Crippen LogP contribution is -2.28. The number of hydrogen-bond donors (Lipinski definition) is 0. The minimum atomic E-state index is -0.919. The van der Waals surface area contributed by atoms with E-state index in [2.05, 4.69) is 11.9 Å². The molecule has 2 aromatic rings. The van der Waals surface area contributed by atoms with E-state index in [1.807, 2.05) is 60.7 Å². The Morgan fingerprint density at radius 3 is 1.86 bits per heavy atom. The van der Waals surface area contributed by atoms with Crippen LogP contribution in [0.2, 0.25) is 0 Å². The normalized spacial score (nSPS) is 12.4. The zero-order valence-corrected chi connectivity index (χ0v) is 13.6. The highest BCUT2D eigenvalue weighted by Gasteiger charge is 2.36. The summed E-state index contributed by atoms with van der Waals surface area (Å²) in [7, 11) is 0. The quantitative estimate of drug-likeness (QED) is 0.373. The van der Waals surface area contributed by atoms with E-state index >= 15 is 0 Å². The van der Waals surface area contributed by atoms with Gasteiger partial charge in [0.15, 0.2) is 0 Å². The van der Waals surface area contributed by atoms with Crippen LogP contribution in [0.1, 0.15) is 30.9 Å². The third-order valence-corrected chi connectivity index (χ3v) is 4.50. The lowest BCUT2D eigenvalue weighted by Gasteiger charge is -2.27. The maximum Gasteiger partial charge on any atom is 0.147 e. The fraction of sp³-hybridized carbons (Fsp3) is 0.278. The van der Waals surface area contributed by atoms with E-state index in [9.17, 15) is 0 Å². The van der Waals surface area contributed by atoms with Crippen molar-refractivity contribution in [2.24, 2.45) is 4.99 Å². The van der Waals surface area contributed by atoms with Crippen LogP contribution in [-0.4, -0.2) is 11.7 Å². The van der Waals surface area contributed by atoms with Gasteiger partial charge in [-0.2, -0.15) is 0 Å². The molecule has 3 heteroatoms. The predicted octanol–water partition coefficient (Wildman–Crippen LogP) is 5.61. The number of alkyl halides is 1. The highest BCUT2D eigenvalue weighted by atomic mass is 35.5. The van der Waals surface area contributed by atoms with Gasteiger partial charge in [-0.15, -0.1) is 11.6 Å². The first-order valence-electron chi connectivity index (χ1n) is 7.20. The van der Waals surface area contributed by atoms with E-state index in [0.717, 1.165) is 24.0 Å². The summed E-state index contributed by atoms with van der Waals surface area (Å²) in [5.74, 6) is 0. The zero-order chi connectivity index (χ0) is 15.1. The molecule has 2 rings (SSSR count). The van der Waals surface area contributed by atoms with Gasteiger partial charge >= 0.3 is 0 Å². The van der Waals surface area contributed by atoms with E-state index in [0.29, 0.717) is 11.7 Å². The second-order valence-electron chi connectivity index (χ2n) is 4.92. The molecule has 0 fully saturated rings. The molecule has 0 atom stereocenters. The molecule has 0 spiro atoms. The maximum absolute atomic E-state index is 6.96. The van der Waals surface area contributed by atoms with E-state index in [4.69, 9.17) is 23.2 Å². The van der Waals surface area contributed by atoms with E-state index in [-0.39, 0.29) is 0 Å². The van der Waals surface area contributed by atoms with Crippen LogP contribution in [0.3, 0.4) is 0 Å². The average molecular weight is 320 g/mol. The van der Waals surface area contributed by atoms with Crippen molar-refractivity contribution in [2.75, 3.05) is 6.54 Å². The van der Waals surface area contributed by atoms with Crippen LogP contribution in [0, 0.1) is 0 Å². The van der Waals surface area contributed by atoms with Crippen molar-refractivity contribution in [3.8, 4) is 0 Å². The average Bonchev–Trinajstić information content (AvgIpc) is 2.56. The molecule has 0 bridgehead atoms. The summed E-state index contributed by atoms with van der Waals surface area (Å²) in [4.78, 5) is 3.57. The monoisotopic (exact) mass is 319 g/mol. The van der Waals surface area contributed by atoms with Crippen molar-refractivity contribution in [3.05, 3.63) is 71.8 Å². The Kier molecular flexibility index (Phi) is 5.84. The first-order valence-corrected chi connectivity index (χ1v) is 7.95. The SMILES string of the molecule is CCCCN=C(Cl)C(Cl)(c1ccccc1)c1ccccc1. The molecule has 0 saturated carbocycles. The summed E-state index contributed by atoms with van der Waals surface area (Å²) in [6.07, 6.45) is 2.09. The zero-order valence-electron chi connectivity index (χ0n) is 12.1. The third kappa shape index (κ3) is 3.66. The number of benzene rings is 2. The number of unbranched alkanes of at least 4 members (excludes halogenated alkanes) is 1. The Morgan fingerprint density at radius 1 is 0.952 bits per heavy atom. The number of halogens is 2. The molecular weight excluding hydrogens is 301 g/mol. The molecule has 0 aliphatic rings. The fourth-order valence-electron chi connectivity index (χ4n) is 2.18. The number of rotatable bonds is 6. The highest BCUT2D eigenvalue weighted by Crippen LogP contribution is 2.39. The molecule has 2 aromatic carbocycles. The van der Waals surface area contributed by atoms with Gasteiger partial charge in [0.05, 0.1) is 0 Å². The molecule has 0 aliphatic carbocycles. The van der Waals surface area contributed by atoms with Crippen LogP contribution in [-0.2, 0) is 4.87 Å². The maximum atomic E-state index is 6.96. The van der Waals surface area contributed by atoms with Crippen molar-refractivity contribution >= 4 is 28.4 Å². The number of nitrogens with zero attached hydrogens (tertiary/aromatic N) is 1. The molecule has 0 radical (unpaired) electrons. The Morgan fingerprint density at radius 2 is 1.43 bits per heavy atom. The van der Waals surface area contributed by atoms with Gasteiger partial charge in [-0.05, 0) is 17.5 Å². The molecule has 110 valence electrons. The summed E-state index contributed by atoms with van der Waals surface area (Å²) >= 11 is 13.5. The van der Waals surface area contributed by atoms with Gasteiger partial charge < -0.3 is 0 Å². The third-order valence-electron chi connectivity index (χ3n) is 3.39. The standard InChI is InChI=1S/C18H19Cl2N/c1-2-3-14-21-17(19)18(20,15-10-6-4-7-11-15)16-12-8-5-9-13-16/h4-13H,2-3,14H2,1H3. The largest absolute Gasteiger partial charge is 0.275 e. The van der Waals surface area contributed by atoms with Crippen LogP contribution in [0.5, 0.6) is 0 Å². The van der Waals surface area contributed by atoms with Gasteiger partial charge in [0.25, 0.3) is 0 Å². The van der Waals surface area contributed by atoms with Crippen LogP contribution in [0.4, 0.5) is 0 Å². The smallest absolute Gasteiger partial charge is 0.147 e. The van der Waals surface area contributed by atoms with Crippen molar-refractivity contribution in [1.29, 1.82) is 0 Å². The summed E-state index contributed by atoms with van der Waals surface area (Å²) in [5.41, 5.74) is 1.87. The summed E-state index contributed by atoms with van der Waals surface area (Å²) in [6.45, 7) is 2.83. The lowest BCUT2D eigenvalue weighted by molar-refractivity contribution is 0.803. The fourth-order valence-corrected chi connectivity index (χ4v) is 2.80. The van der Waals surface area contributed by atoms with E-state index in [1.54, 1.807) is 0 Å². The Labute approximate surface area is 136 Å². The van der Waals surface area contributed by atoms with Gasteiger partial charge in [-0.25, -0.2) is 0 Å². The van der Waals surface area contributed by atoms with Crippen LogP contribution in [0.25, 0.3) is 0 Å². The van der Waals surface area contributed by atoms with Gasteiger partial charge in [0, 0.05) is 6.54 Å². The molecule has 0 saturated heterocycles. The van der Waals surface area contributed by atoms with Gasteiger partial charge in [-0.3, -0.25) is 4.99 Å². The molecule has 21 heavy (non-hydrogen) atoms. The minimum absolute atomic E-state index is 0.426. The van der Waals surface area contributed by atoms with Crippen LogP contribution < -0.4 is 0 Å².